The summed E-state index contributed by atoms with van der Waals surface area (Å²) in [6, 6.07) is 4.97. The molecular formula is C16H23ClN4O3. The molecule has 1 N–H and O–H groups in total. The number of nitro benzene ring substituents is 1. The van der Waals surface area contributed by atoms with E-state index in [4.69, 9.17) is 0 Å². The molecular weight excluding hydrogens is 332 g/mol. The number of amides is 1. The first-order chi connectivity index (χ1) is 11.1. The van der Waals surface area contributed by atoms with Gasteiger partial charge in [-0.25, -0.2) is 0 Å². The maximum atomic E-state index is 12.7. The van der Waals surface area contributed by atoms with Crippen molar-refractivity contribution in [1.82, 2.24) is 10.2 Å². The summed E-state index contributed by atoms with van der Waals surface area (Å²) in [6.45, 7) is 5.79. The highest BCUT2D eigenvalue weighted by Crippen LogP contribution is 2.32. The number of anilines is 1. The maximum absolute atomic E-state index is 12.7. The number of nitrogens with zero attached hydrogens (tertiary/aromatic N) is 3. The van der Waals surface area contributed by atoms with E-state index >= 15 is 0 Å². The van der Waals surface area contributed by atoms with E-state index in [1.165, 1.54) is 6.07 Å². The van der Waals surface area contributed by atoms with Gasteiger partial charge in [-0.15, -0.1) is 12.4 Å². The summed E-state index contributed by atoms with van der Waals surface area (Å²) < 4.78 is 0. The molecule has 0 radical (unpaired) electrons. The number of nitrogens with one attached hydrogen (secondary N) is 1. The van der Waals surface area contributed by atoms with Crippen LogP contribution in [0, 0.1) is 10.1 Å². The van der Waals surface area contributed by atoms with Crippen LogP contribution < -0.4 is 10.2 Å². The van der Waals surface area contributed by atoms with E-state index in [9.17, 15) is 14.9 Å². The summed E-state index contributed by atoms with van der Waals surface area (Å²) in [5, 5.41) is 14.7. The molecule has 1 atom stereocenters. The van der Waals surface area contributed by atoms with E-state index in [0.29, 0.717) is 17.8 Å². The zero-order valence-corrected chi connectivity index (χ0v) is 14.6. The molecule has 1 aromatic carbocycles. The van der Waals surface area contributed by atoms with Crippen LogP contribution in [0.3, 0.4) is 0 Å². The van der Waals surface area contributed by atoms with Crippen LogP contribution in [0.15, 0.2) is 18.2 Å². The van der Waals surface area contributed by atoms with Gasteiger partial charge in [0.15, 0.2) is 0 Å². The zero-order valence-electron chi connectivity index (χ0n) is 13.7. The Morgan fingerprint density at radius 3 is 2.62 bits per heavy atom. The second-order valence-electron chi connectivity index (χ2n) is 6.21. The van der Waals surface area contributed by atoms with E-state index < -0.39 is 0 Å². The summed E-state index contributed by atoms with van der Waals surface area (Å²) in [4.78, 5) is 27.5. The summed E-state index contributed by atoms with van der Waals surface area (Å²) in [5.41, 5.74) is 1.05. The van der Waals surface area contributed by atoms with Crippen molar-refractivity contribution in [3.8, 4) is 0 Å². The number of piperazine rings is 1. The molecule has 2 saturated heterocycles. The zero-order chi connectivity index (χ0) is 16.4. The number of carbonyl (C=O) groups excluding carboxylic acids is 1. The Balaban J connectivity index is 0.00000208. The van der Waals surface area contributed by atoms with Gasteiger partial charge < -0.3 is 15.1 Å². The molecule has 132 valence electrons. The van der Waals surface area contributed by atoms with Crippen LogP contribution in [0.5, 0.6) is 0 Å². The van der Waals surface area contributed by atoms with Crippen LogP contribution in [-0.2, 0) is 0 Å². The first-order valence-electron chi connectivity index (χ1n) is 8.13. The van der Waals surface area contributed by atoms with Crippen molar-refractivity contribution >= 4 is 29.7 Å². The molecule has 1 unspecified atom stereocenters. The van der Waals surface area contributed by atoms with Gasteiger partial charge in [0.2, 0.25) is 0 Å². The van der Waals surface area contributed by atoms with Gasteiger partial charge in [-0.2, -0.15) is 0 Å². The molecule has 1 amide bonds. The van der Waals surface area contributed by atoms with E-state index in [-0.39, 0.29) is 35.0 Å². The average Bonchev–Trinajstić information content (AvgIpc) is 3.08. The molecule has 3 rings (SSSR count). The normalized spacial score (nSPS) is 20.6. The molecule has 0 aliphatic carbocycles. The van der Waals surface area contributed by atoms with Crippen molar-refractivity contribution < 1.29 is 9.72 Å². The highest BCUT2D eigenvalue weighted by molar-refractivity contribution is 5.96. The molecule has 2 heterocycles. The molecule has 2 fully saturated rings. The number of carbonyl (C=O) groups is 1. The fraction of sp³-hybridized carbons (Fsp3) is 0.562. The van der Waals surface area contributed by atoms with Gasteiger partial charge in [-0.05, 0) is 31.9 Å². The van der Waals surface area contributed by atoms with Crippen molar-refractivity contribution in [2.75, 3.05) is 37.6 Å². The predicted molar refractivity (Wildman–Crippen MR) is 95.2 cm³/mol. The summed E-state index contributed by atoms with van der Waals surface area (Å²) in [5.74, 6) is -0.130. The molecule has 0 saturated carbocycles. The van der Waals surface area contributed by atoms with Crippen LogP contribution in [0.25, 0.3) is 0 Å². The smallest absolute Gasteiger partial charge is 0.293 e. The van der Waals surface area contributed by atoms with Crippen molar-refractivity contribution in [3.63, 3.8) is 0 Å². The monoisotopic (exact) mass is 354 g/mol. The Morgan fingerprint density at radius 1 is 1.29 bits per heavy atom. The van der Waals surface area contributed by atoms with Crippen LogP contribution in [0.2, 0.25) is 0 Å². The molecule has 7 nitrogen and oxygen atoms in total. The van der Waals surface area contributed by atoms with Crippen molar-refractivity contribution in [2.24, 2.45) is 0 Å². The topological polar surface area (TPSA) is 78.7 Å². The van der Waals surface area contributed by atoms with E-state index in [0.717, 1.165) is 39.0 Å². The number of rotatable bonds is 3. The Bertz CT molecular complexity index is 619. The first-order valence-corrected chi connectivity index (χ1v) is 8.13. The maximum Gasteiger partial charge on any atom is 0.293 e. The fourth-order valence-corrected chi connectivity index (χ4v) is 3.34. The summed E-state index contributed by atoms with van der Waals surface area (Å²) in [6.07, 6.45) is 2.10. The van der Waals surface area contributed by atoms with Crippen molar-refractivity contribution in [3.05, 3.63) is 33.9 Å². The number of nitro groups is 1. The predicted octanol–water partition coefficient (Wildman–Crippen LogP) is 2.05. The minimum Gasteiger partial charge on any atom is -0.366 e. The van der Waals surface area contributed by atoms with Gasteiger partial charge >= 0.3 is 0 Å². The van der Waals surface area contributed by atoms with Gasteiger partial charge in [-0.1, -0.05) is 0 Å². The molecule has 8 heteroatoms. The lowest BCUT2D eigenvalue weighted by Crippen LogP contribution is -2.52. The lowest BCUT2D eigenvalue weighted by molar-refractivity contribution is -0.384. The van der Waals surface area contributed by atoms with Crippen LogP contribution >= 0.6 is 12.4 Å². The Hall–Kier alpha value is -1.86. The fourth-order valence-electron chi connectivity index (χ4n) is 3.34. The standard InChI is InChI=1S/C16H22N4O3.ClH/c1-12-11-17-6-9-19(12)16(21)13-4-5-14(15(10-13)20(22)23)18-7-2-3-8-18;/h4-5,10,12,17H,2-3,6-9,11H2,1H3;1H. The highest BCUT2D eigenvalue weighted by Gasteiger charge is 2.28. The molecule has 1 aromatic rings. The summed E-state index contributed by atoms with van der Waals surface area (Å²) in [7, 11) is 0. The third kappa shape index (κ3) is 3.62. The minimum absolute atomic E-state index is 0. The number of hydrogen-bond acceptors (Lipinski definition) is 5. The van der Waals surface area contributed by atoms with Gasteiger partial charge in [0.1, 0.15) is 5.69 Å². The number of hydrogen-bond donors (Lipinski definition) is 1. The highest BCUT2D eigenvalue weighted by atomic mass is 35.5. The molecule has 0 aromatic heterocycles. The SMILES string of the molecule is CC1CNCCN1C(=O)c1ccc(N2CCCC2)c([N+](=O)[O-])c1.Cl. The van der Waals surface area contributed by atoms with Gasteiger partial charge in [0, 0.05) is 50.4 Å². The van der Waals surface area contributed by atoms with Crippen LogP contribution in [0.4, 0.5) is 11.4 Å². The summed E-state index contributed by atoms with van der Waals surface area (Å²) >= 11 is 0. The average molecular weight is 355 g/mol. The Kier molecular flexibility index (Phi) is 6.01. The number of benzene rings is 1. The quantitative estimate of drug-likeness (QED) is 0.664. The Morgan fingerprint density at radius 2 is 2.00 bits per heavy atom. The molecule has 0 spiro atoms. The van der Waals surface area contributed by atoms with Crippen LogP contribution in [0.1, 0.15) is 30.1 Å². The Labute approximate surface area is 147 Å². The van der Waals surface area contributed by atoms with Gasteiger partial charge in [0.05, 0.1) is 4.92 Å². The van der Waals surface area contributed by atoms with Crippen LogP contribution in [-0.4, -0.2) is 54.5 Å². The molecule has 24 heavy (non-hydrogen) atoms. The van der Waals surface area contributed by atoms with E-state index in [1.807, 2.05) is 11.8 Å². The largest absolute Gasteiger partial charge is 0.366 e. The van der Waals surface area contributed by atoms with E-state index in [1.54, 1.807) is 17.0 Å². The first kappa shape index (κ1) is 18.5. The second-order valence-corrected chi connectivity index (χ2v) is 6.21. The lowest BCUT2D eigenvalue weighted by atomic mass is 10.1. The third-order valence-electron chi connectivity index (χ3n) is 4.63. The van der Waals surface area contributed by atoms with Crippen molar-refractivity contribution in [2.45, 2.75) is 25.8 Å². The van der Waals surface area contributed by atoms with Gasteiger partial charge in [-0.3, -0.25) is 14.9 Å². The van der Waals surface area contributed by atoms with Crippen molar-refractivity contribution in [1.29, 1.82) is 0 Å². The number of halogens is 1. The second kappa shape index (κ2) is 7.81. The van der Waals surface area contributed by atoms with Gasteiger partial charge in [0.25, 0.3) is 11.6 Å². The molecule has 0 bridgehead atoms. The minimum atomic E-state index is -0.383. The molecule has 2 aliphatic rings. The van der Waals surface area contributed by atoms with E-state index in [2.05, 4.69) is 5.32 Å². The lowest BCUT2D eigenvalue weighted by Gasteiger charge is -2.34. The molecule has 2 aliphatic heterocycles. The third-order valence-corrected chi connectivity index (χ3v) is 4.63.